The van der Waals surface area contributed by atoms with Gasteiger partial charge >= 0.3 is 0 Å². The number of ketones is 1. The summed E-state index contributed by atoms with van der Waals surface area (Å²) in [6.45, 7) is 8.43. The van der Waals surface area contributed by atoms with Crippen LogP contribution in [0.1, 0.15) is 53.4 Å². The minimum absolute atomic E-state index is 0.0301. The third kappa shape index (κ3) is 1.45. The van der Waals surface area contributed by atoms with Crippen molar-refractivity contribution in [3.05, 3.63) is 0 Å². The summed E-state index contributed by atoms with van der Waals surface area (Å²) >= 11 is 0. The maximum absolute atomic E-state index is 12.0. The number of hydrogen-bond donors (Lipinski definition) is 1. The van der Waals surface area contributed by atoms with Gasteiger partial charge < -0.3 is 5.11 Å². The molecule has 3 aliphatic carbocycles. The van der Waals surface area contributed by atoms with Gasteiger partial charge in [0.2, 0.25) is 0 Å². The molecule has 0 amide bonds. The summed E-state index contributed by atoms with van der Waals surface area (Å²) in [5.74, 6) is 0.189. The molecule has 0 aromatic carbocycles. The average Bonchev–Trinajstić information content (AvgIpc) is 1.98. The quantitative estimate of drug-likeness (QED) is 0.667. The smallest absolute Gasteiger partial charge is 0.139 e. The molecule has 3 rings (SSSR count). The van der Waals surface area contributed by atoms with E-state index < -0.39 is 5.60 Å². The Morgan fingerprint density at radius 1 is 1.40 bits per heavy atom. The summed E-state index contributed by atoms with van der Waals surface area (Å²) in [6, 6.07) is 0. The van der Waals surface area contributed by atoms with Crippen LogP contribution < -0.4 is 0 Å². The standard InChI is InChI=1S/C13H22O2/c1-11(2,3)13-6-5-9(10(14)7-13)12(4,15)8-13/h9,15H,5-8H2,1-4H3/t9-,12+,13-/m0/s1. The number of Topliss-reactive ketones (excluding diaryl/α,β-unsaturated/α-hetero) is 1. The highest BCUT2D eigenvalue weighted by Crippen LogP contribution is 2.60. The van der Waals surface area contributed by atoms with E-state index in [0.29, 0.717) is 6.42 Å². The molecule has 3 aliphatic rings. The summed E-state index contributed by atoms with van der Waals surface area (Å²) < 4.78 is 0. The van der Waals surface area contributed by atoms with Gasteiger partial charge in [-0.25, -0.2) is 0 Å². The van der Waals surface area contributed by atoms with E-state index in [0.717, 1.165) is 19.3 Å². The molecule has 3 atom stereocenters. The van der Waals surface area contributed by atoms with Crippen LogP contribution in [0.3, 0.4) is 0 Å². The fourth-order valence-corrected chi connectivity index (χ4v) is 3.65. The second kappa shape index (κ2) is 2.85. The lowest BCUT2D eigenvalue weighted by Crippen LogP contribution is -2.59. The van der Waals surface area contributed by atoms with Gasteiger partial charge in [0.25, 0.3) is 0 Å². The molecular weight excluding hydrogens is 188 g/mol. The molecule has 0 radical (unpaired) electrons. The molecule has 0 aromatic rings. The van der Waals surface area contributed by atoms with Crippen molar-refractivity contribution in [2.24, 2.45) is 16.7 Å². The molecule has 0 saturated heterocycles. The summed E-state index contributed by atoms with van der Waals surface area (Å²) in [5.41, 5.74) is -0.624. The van der Waals surface area contributed by atoms with E-state index in [1.807, 2.05) is 6.92 Å². The van der Waals surface area contributed by atoms with Crippen molar-refractivity contribution >= 4 is 5.78 Å². The molecule has 3 saturated carbocycles. The lowest BCUT2D eigenvalue weighted by atomic mass is 9.47. The normalized spacial score (nSPS) is 45.9. The van der Waals surface area contributed by atoms with E-state index >= 15 is 0 Å². The Balaban J connectivity index is 2.40. The van der Waals surface area contributed by atoms with Gasteiger partial charge in [-0.15, -0.1) is 0 Å². The van der Waals surface area contributed by atoms with Gasteiger partial charge in [0.1, 0.15) is 5.78 Å². The molecule has 3 fully saturated rings. The van der Waals surface area contributed by atoms with Crippen LogP contribution in [0.2, 0.25) is 0 Å². The number of hydrogen-bond acceptors (Lipinski definition) is 2. The molecule has 0 unspecified atom stereocenters. The van der Waals surface area contributed by atoms with Crippen LogP contribution in [0.15, 0.2) is 0 Å². The van der Waals surface area contributed by atoms with E-state index in [4.69, 9.17) is 0 Å². The highest BCUT2D eigenvalue weighted by molar-refractivity contribution is 5.85. The highest BCUT2D eigenvalue weighted by atomic mass is 16.3. The lowest BCUT2D eigenvalue weighted by molar-refractivity contribution is -0.174. The van der Waals surface area contributed by atoms with E-state index in [9.17, 15) is 9.90 Å². The van der Waals surface area contributed by atoms with Gasteiger partial charge in [-0.2, -0.15) is 0 Å². The molecule has 0 spiro atoms. The lowest BCUT2D eigenvalue weighted by Gasteiger charge is -2.58. The van der Waals surface area contributed by atoms with E-state index in [1.165, 1.54) is 0 Å². The molecule has 1 N–H and O–H groups in total. The Morgan fingerprint density at radius 2 is 2.00 bits per heavy atom. The maximum Gasteiger partial charge on any atom is 0.139 e. The van der Waals surface area contributed by atoms with Gasteiger partial charge in [0.05, 0.1) is 5.60 Å². The third-order valence-electron chi connectivity index (χ3n) is 4.85. The predicted octanol–water partition coefficient (Wildman–Crippen LogP) is 2.54. The summed E-state index contributed by atoms with van der Waals surface area (Å²) in [4.78, 5) is 12.0. The first-order chi connectivity index (χ1) is 6.68. The van der Waals surface area contributed by atoms with Crippen LogP contribution in [0, 0.1) is 16.7 Å². The average molecular weight is 210 g/mol. The number of rotatable bonds is 0. The molecule has 2 heteroatoms. The summed E-state index contributed by atoms with van der Waals surface area (Å²) in [7, 11) is 0. The molecule has 2 nitrogen and oxygen atoms in total. The van der Waals surface area contributed by atoms with Gasteiger partial charge in [-0.1, -0.05) is 20.8 Å². The number of fused-ring (bicyclic) bond motifs is 3. The van der Waals surface area contributed by atoms with Gasteiger partial charge in [-0.05, 0) is 37.0 Å². The SMILES string of the molecule is CC(C)(C)[C@@]12CC[C@@H](C(=O)C1)[C@](C)(O)C2. The first-order valence-electron chi connectivity index (χ1n) is 5.93. The van der Waals surface area contributed by atoms with Crippen LogP contribution in [0.4, 0.5) is 0 Å². The second-order valence-corrected chi connectivity index (χ2v) is 6.80. The zero-order chi connectivity index (χ0) is 11.5. The van der Waals surface area contributed by atoms with Crippen molar-refractivity contribution in [1.29, 1.82) is 0 Å². The van der Waals surface area contributed by atoms with Crippen molar-refractivity contribution in [1.82, 2.24) is 0 Å². The largest absolute Gasteiger partial charge is 0.389 e. The van der Waals surface area contributed by atoms with E-state index in [-0.39, 0.29) is 22.5 Å². The minimum Gasteiger partial charge on any atom is -0.389 e. The predicted molar refractivity (Wildman–Crippen MR) is 59.5 cm³/mol. The Hall–Kier alpha value is -0.370. The van der Waals surface area contributed by atoms with Crippen LogP contribution in [-0.4, -0.2) is 16.5 Å². The number of aliphatic hydroxyl groups is 1. The van der Waals surface area contributed by atoms with Crippen molar-refractivity contribution in [2.75, 3.05) is 0 Å². The van der Waals surface area contributed by atoms with Crippen molar-refractivity contribution in [3.63, 3.8) is 0 Å². The van der Waals surface area contributed by atoms with Crippen LogP contribution >= 0.6 is 0 Å². The number of carbonyl (C=O) groups is 1. The van der Waals surface area contributed by atoms with Crippen molar-refractivity contribution < 1.29 is 9.90 Å². The highest BCUT2D eigenvalue weighted by Gasteiger charge is 2.59. The van der Waals surface area contributed by atoms with Gasteiger partial charge in [0.15, 0.2) is 0 Å². The fourth-order valence-electron chi connectivity index (χ4n) is 3.65. The Morgan fingerprint density at radius 3 is 2.40 bits per heavy atom. The third-order valence-corrected chi connectivity index (χ3v) is 4.85. The molecule has 0 aromatic heterocycles. The summed E-state index contributed by atoms with van der Waals surface area (Å²) in [6.07, 6.45) is 3.45. The summed E-state index contributed by atoms with van der Waals surface area (Å²) in [5, 5.41) is 10.3. The van der Waals surface area contributed by atoms with Gasteiger partial charge in [0, 0.05) is 12.3 Å². The van der Waals surface area contributed by atoms with Crippen molar-refractivity contribution in [3.8, 4) is 0 Å². The Kier molecular flexibility index (Phi) is 2.11. The first kappa shape index (κ1) is 11.1. The fraction of sp³-hybridized carbons (Fsp3) is 0.923. The molecule has 2 bridgehead atoms. The molecule has 86 valence electrons. The van der Waals surface area contributed by atoms with Crippen molar-refractivity contribution in [2.45, 2.75) is 59.0 Å². The number of carbonyl (C=O) groups excluding carboxylic acids is 1. The molecule has 0 heterocycles. The Bertz CT molecular complexity index is 298. The van der Waals surface area contributed by atoms with Crippen LogP contribution in [0.25, 0.3) is 0 Å². The second-order valence-electron chi connectivity index (χ2n) is 6.80. The van der Waals surface area contributed by atoms with E-state index in [1.54, 1.807) is 0 Å². The van der Waals surface area contributed by atoms with E-state index in [2.05, 4.69) is 20.8 Å². The van der Waals surface area contributed by atoms with Gasteiger partial charge in [-0.3, -0.25) is 4.79 Å². The monoisotopic (exact) mass is 210 g/mol. The molecule has 15 heavy (non-hydrogen) atoms. The molecule has 0 aliphatic heterocycles. The topological polar surface area (TPSA) is 37.3 Å². The molecular formula is C13H22O2. The zero-order valence-corrected chi connectivity index (χ0v) is 10.3. The minimum atomic E-state index is -0.763. The van der Waals surface area contributed by atoms with Crippen LogP contribution in [0.5, 0.6) is 0 Å². The van der Waals surface area contributed by atoms with Crippen LogP contribution in [-0.2, 0) is 4.79 Å². The zero-order valence-electron chi connectivity index (χ0n) is 10.3. The Labute approximate surface area is 92.1 Å². The first-order valence-corrected chi connectivity index (χ1v) is 5.93. The maximum atomic E-state index is 12.0.